The summed E-state index contributed by atoms with van der Waals surface area (Å²) in [7, 11) is 2.02. The Morgan fingerprint density at radius 3 is 2.74 bits per heavy atom. The number of carbonyl (C=O) groups excluding carboxylic acids is 1. The van der Waals surface area contributed by atoms with Gasteiger partial charge in [0.15, 0.2) is 0 Å². The molecule has 0 atom stereocenters. The summed E-state index contributed by atoms with van der Waals surface area (Å²) < 4.78 is 2.05. The third-order valence-electron chi connectivity index (χ3n) is 4.28. The fourth-order valence-corrected chi connectivity index (χ4v) is 3.86. The number of hydrogen-bond acceptors (Lipinski definition) is 5. The van der Waals surface area contributed by atoms with E-state index in [0.29, 0.717) is 0 Å². The van der Waals surface area contributed by atoms with Gasteiger partial charge in [0.05, 0.1) is 22.7 Å². The summed E-state index contributed by atoms with van der Waals surface area (Å²) >= 11 is 1.50. The van der Waals surface area contributed by atoms with Crippen molar-refractivity contribution in [1.82, 2.24) is 24.3 Å². The monoisotopic (exact) mass is 333 g/mol. The highest BCUT2D eigenvalue weighted by atomic mass is 32.1. The predicted octanol–water partition coefficient (Wildman–Crippen LogP) is 1.84. The van der Waals surface area contributed by atoms with Crippen LogP contribution in [0.1, 0.15) is 32.5 Å². The van der Waals surface area contributed by atoms with Crippen LogP contribution in [0.15, 0.2) is 12.5 Å². The largest absolute Gasteiger partial charge is 0.337 e. The maximum absolute atomic E-state index is 12.7. The van der Waals surface area contributed by atoms with E-state index in [2.05, 4.69) is 19.4 Å². The van der Waals surface area contributed by atoms with Gasteiger partial charge in [-0.25, -0.2) is 9.97 Å². The zero-order valence-electron chi connectivity index (χ0n) is 13.9. The second-order valence-electron chi connectivity index (χ2n) is 6.07. The molecular weight excluding hydrogens is 310 g/mol. The van der Waals surface area contributed by atoms with Crippen molar-refractivity contribution in [3.05, 3.63) is 33.8 Å². The molecule has 0 spiro atoms. The third-order valence-corrected chi connectivity index (χ3v) is 5.34. The molecule has 1 saturated heterocycles. The number of hydrogen-bond donors (Lipinski definition) is 0. The molecule has 124 valence electrons. The first-order chi connectivity index (χ1) is 11.0. The minimum atomic E-state index is 0.135. The van der Waals surface area contributed by atoms with Gasteiger partial charge < -0.3 is 9.47 Å². The smallest absolute Gasteiger partial charge is 0.265 e. The molecule has 0 aromatic carbocycles. The molecule has 0 bridgehead atoms. The van der Waals surface area contributed by atoms with Crippen LogP contribution in [-0.2, 0) is 13.6 Å². The number of aromatic nitrogens is 3. The summed E-state index contributed by atoms with van der Waals surface area (Å²) in [4.78, 5) is 26.4. The summed E-state index contributed by atoms with van der Waals surface area (Å²) in [5.41, 5.74) is 2.06. The fourth-order valence-electron chi connectivity index (χ4n) is 2.97. The van der Waals surface area contributed by atoms with Crippen LogP contribution >= 0.6 is 11.3 Å². The van der Waals surface area contributed by atoms with Crippen LogP contribution in [0.25, 0.3) is 0 Å². The molecule has 0 N–H and O–H groups in total. The first-order valence-electron chi connectivity index (χ1n) is 7.95. The van der Waals surface area contributed by atoms with Gasteiger partial charge in [-0.3, -0.25) is 9.69 Å². The standard InChI is InChI=1S/C16H23N5OS/c1-12-15(23-13(2)18-12)16(22)21-6-4-5-20(7-8-21)10-14-9-17-11-19(14)3/h9,11H,4-8,10H2,1-3H3. The van der Waals surface area contributed by atoms with Crippen molar-refractivity contribution in [3.63, 3.8) is 0 Å². The topological polar surface area (TPSA) is 54.3 Å². The van der Waals surface area contributed by atoms with Gasteiger partial charge in [-0.1, -0.05) is 0 Å². The Labute approximate surface area is 140 Å². The second kappa shape index (κ2) is 6.80. The van der Waals surface area contributed by atoms with Crippen molar-refractivity contribution in [1.29, 1.82) is 0 Å². The van der Waals surface area contributed by atoms with E-state index in [9.17, 15) is 4.79 Å². The summed E-state index contributed by atoms with van der Waals surface area (Å²) in [6, 6.07) is 0. The number of carbonyl (C=O) groups is 1. The van der Waals surface area contributed by atoms with Crippen LogP contribution in [0.4, 0.5) is 0 Å². The van der Waals surface area contributed by atoms with Gasteiger partial charge in [-0.15, -0.1) is 11.3 Å². The lowest BCUT2D eigenvalue weighted by atomic mass is 10.3. The van der Waals surface area contributed by atoms with Gasteiger partial charge >= 0.3 is 0 Å². The molecular formula is C16H23N5OS. The molecule has 1 amide bonds. The van der Waals surface area contributed by atoms with Crippen LogP contribution in [0.2, 0.25) is 0 Å². The predicted molar refractivity (Wildman–Crippen MR) is 90.6 cm³/mol. The van der Waals surface area contributed by atoms with Gasteiger partial charge in [-0.2, -0.15) is 0 Å². The molecule has 7 heteroatoms. The third kappa shape index (κ3) is 3.61. The normalized spacial score (nSPS) is 16.6. The van der Waals surface area contributed by atoms with Crippen molar-refractivity contribution in [3.8, 4) is 0 Å². The average molecular weight is 333 g/mol. The van der Waals surface area contributed by atoms with E-state index in [-0.39, 0.29) is 5.91 Å². The molecule has 1 aliphatic heterocycles. The second-order valence-corrected chi connectivity index (χ2v) is 7.27. The Hall–Kier alpha value is -1.73. The van der Waals surface area contributed by atoms with Crippen molar-refractivity contribution in [2.75, 3.05) is 26.2 Å². The number of thiazole rings is 1. The quantitative estimate of drug-likeness (QED) is 0.860. The lowest BCUT2D eigenvalue weighted by molar-refractivity contribution is 0.0765. The Kier molecular flexibility index (Phi) is 4.77. The van der Waals surface area contributed by atoms with Crippen LogP contribution < -0.4 is 0 Å². The van der Waals surface area contributed by atoms with Gasteiger partial charge in [0, 0.05) is 46.0 Å². The summed E-state index contributed by atoms with van der Waals surface area (Å²) in [5, 5.41) is 0.957. The minimum absolute atomic E-state index is 0.135. The molecule has 1 fully saturated rings. The van der Waals surface area contributed by atoms with Crippen LogP contribution in [0.3, 0.4) is 0 Å². The lowest BCUT2D eigenvalue weighted by Crippen LogP contribution is -2.35. The Bertz CT molecular complexity index is 692. The molecule has 3 rings (SSSR count). The first kappa shape index (κ1) is 16.1. The highest BCUT2D eigenvalue weighted by Crippen LogP contribution is 2.20. The van der Waals surface area contributed by atoms with Crippen molar-refractivity contribution >= 4 is 17.2 Å². The van der Waals surface area contributed by atoms with Gasteiger partial charge in [-0.05, 0) is 20.3 Å². The zero-order valence-corrected chi connectivity index (χ0v) is 14.8. The van der Waals surface area contributed by atoms with Crippen molar-refractivity contribution < 1.29 is 4.79 Å². The van der Waals surface area contributed by atoms with E-state index in [1.807, 2.05) is 38.3 Å². The van der Waals surface area contributed by atoms with Crippen LogP contribution in [-0.4, -0.2) is 56.4 Å². The van der Waals surface area contributed by atoms with Gasteiger partial charge in [0.1, 0.15) is 4.88 Å². The minimum Gasteiger partial charge on any atom is -0.337 e. The van der Waals surface area contributed by atoms with Gasteiger partial charge in [0.25, 0.3) is 5.91 Å². The molecule has 3 heterocycles. The fraction of sp³-hybridized carbons (Fsp3) is 0.562. The van der Waals surface area contributed by atoms with E-state index >= 15 is 0 Å². The van der Waals surface area contributed by atoms with E-state index < -0.39 is 0 Å². The lowest BCUT2D eigenvalue weighted by Gasteiger charge is -2.21. The maximum Gasteiger partial charge on any atom is 0.265 e. The average Bonchev–Trinajstić information content (AvgIpc) is 2.96. The number of nitrogens with zero attached hydrogens (tertiary/aromatic N) is 5. The molecule has 0 saturated carbocycles. The van der Waals surface area contributed by atoms with Crippen LogP contribution in [0, 0.1) is 13.8 Å². The first-order valence-corrected chi connectivity index (χ1v) is 8.77. The molecule has 1 aliphatic rings. The summed E-state index contributed by atoms with van der Waals surface area (Å²) in [6.45, 7) is 8.25. The number of amides is 1. The number of imidazole rings is 1. The summed E-state index contributed by atoms with van der Waals surface area (Å²) in [5.74, 6) is 0.135. The van der Waals surface area contributed by atoms with Gasteiger partial charge in [0.2, 0.25) is 0 Å². The number of aryl methyl sites for hydroxylation is 3. The van der Waals surface area contributed by atoms with Crippen molar-refractivity contribution in [2.45, 2.75) is 26.8 Å². The van der Waals surface area contributed by atoms with Crippen molar-refractivity contribution in [2.24, 2.45) is 7.05 Å². The SMILES string of the molecule is Cc1nc(C)c(C(=O)N2CCCN(Cc3cncn3C)CC2)s1. The molecule has 23 heavy (non-hydrogen) atoms. The zero-order chi connectivity index (χ0) is 16.4. The van der Waals surface area contributed by atoms with E-state index in [4.69, 9.17) is 0 Å². The molecule has 6 nitrogen and oxygen atoms in total. The molecule has 0 radical (unpaired) electrons. The Morgan fingerprint density at radius 2 is 2.09 bits per heavy atom. The van der Waals surface area contributed by atoms with Crippen LogP contribution in [0.5, 0.6) is 0 Å². The summed E-state index contributed by atoms with van der Waals surface area (Å²) in [6.07, 6.45) is 4.75. The molecule has 2 aromatic heterocycles. The highest BCUT2D eigenvalue weighted by molar-refractivity contribution is 7.13. The Balaban J connectivity index is 1.63. The molecule has 2 aromatic rings. The highest BCUT2D eigenvalue weighted by Gasteiger charge is 2.23. The van der Waals surface area contributed by atoms with E-state index in [1.54, 1.807) is 0 Å². The number of rotatable bonds is 3. The molecule has 0 unspecified atom stereocenters. The maximum atomic E-state index is 12.7. The molecule has 0 aliphatic carbocycles. The Morgan fingerprint density at radius 1 is 1.26 bits per heavy atom. The van der Waals surface area contributed by atoms with E-state index in [0.717, 1.165) is 54.7 Å². The van der Waals surface area contributed by atoms with E-state index in [1.165, 1.54) is 17.0 Å².